The second-order valence-corrected chi connectivity index (χ2v) is 6.11. The number of thioether (sulfide) groups is 1. The van der Waals surface area contributed by atoms with Gasteiger partial charge in [-0.3, -0.25) is 0 Å². The second-order valence-electron chi connectivity index (χ2n) is 4.29. The van der Waals surface area contributed by atoms with Crippen molar-refractivity contribution in [2.45, 2.75) is 31.4 Å². The second kappa shape index (κ2) is 7.04. The Morgan fingerprint density at radius 2 is 2.33 bits per heavy atom. The predicted molar refractivity (Wildman–Crippen MR) is 79.8 cm³/mol. The average Bonchev–Trinajstić information content (AvgIpc) is 2.41. The molecule has 0 aromatic carbocycles. The first-order valence-electron chi connectivity index (χ1n) is 6.41. The molecule has 0 saturated carbocycles. The van der Waals surface area contributed by atoms with Crippen molar-refractivity contribution in [3.8, 4) is 0 Å². The average molecular weight is 287 g/mol. The van der Waals surface area contributed by atoms with Crippen molar-refractivity contribution in [2.75, 3.05) is 29.5 Å². The van der Waals surface area contributed by atoms with Gasteiger partial charge in [-0.2, -0.15) is 16.7 Å². The number of nitrogens with one attached hydrogen (secondary N) is 2. The van der Waals surface area contributed by atoms with E-state index < -0.39 is 0 Å². The molecule has 0 amide bonds. The quantitative estimate of drug-likeness (QED) is 0.870. The lowest BCUT2D eigenvalue weighted by atomic mass is 10.2. The molecule has 4 nitrogen and oxygen atoms in total. The summed E-state index contributed by atoms with van der Waals surface area (Å²) in [5.41, 5.74) is 0. The standard InChI is InChI=1S/C12H19ClN4S/c1-2-14-12-16-8-10(13)11(17-12)15-7-9-5-3-4-6-18-9/h8-9H,2-7H2,1H3,(H2,14,15,16,17). The van der Waals surface area contributed by atoms with Crippen LogP contribution in [0.5, 0.6) is 0 Å². The van der Waals surface area contributed by atoms with Crippen LogP contribution in [0.25, 0.3) is 0 Å². The summed E-state index contributed by atoms with van der Waals surface area (Å²) < 4.78 is 0. The van der Waals surface area contributed by atoms with Crippen LogP contribution in [-0.2, 0) is 0 Å². The van der Waals surface area contributed by atoms with Crippen LogP contribution in [0.4, 0.5) is 11.8 Å². The van der Waals surface area contributed by atoms with E-state index in [2.05, 4.69) is 20.6 Å². The van der Waals surface area contributed by atoms with Crippen molar-refractivity contribution in [1.82, 2.24) is 9.97 Å². The van der Waals surface area contributed by atoms with E-state index in [9.17, 15) is 0 Å². The van der Waals surface area contributed by atoms with Crippen LogP contribution in [0.3, 0.4) is 0 Å². The topological polar surface area (TPSA) is 49.8 Å². The maximum Gasteiger partial charge on any atom is 0.224 e. The Balaban J connectivity index is 1.92. The fourth-order valence-electron chi connectivity index (χ4n) is 1.91. The molecule has 2 rings (SSSR count). The molecule has 1 fully saturated rings. The minimum Gasteiger partial charge on any atom is -0.368 e. The molecule has 1 aromatic heterocycles. The maximum atomic E-state index is 6.09. The SMILES string of the molecule is CCNc1ncc(Cl)c(NCC2CCCCS2)n1. The highest BCUT2D eigenvalue weighted by molar-refractivity contribution is 7.99. The number of aromatic nitrogens is 2. The third-order valence-electron chi connectivity index (χ3n) is 2.85. The van der Waals surface area contributed by atoms with Crippen LogP contribution in [-0.4, -0.2) is 34.1 Å². The summed E-state index contributed by atoms with van der Waals surface area (Å²) in [7, 11) is 0. The molecule has 100 valence electrons. The molecular weight excluding hydrogens is 268 g/mol. The Hall–Kier alpha value is -0.680. The lowest BCUT2D eigenvalue weighted by Crippen LogP contribution is -2.21. The zero-order chi connectivity index (χ0) is 12.8. The Morgan fingerprint density at radius 1 is 1.44 bits per heavy atom. The van der Waals surface area contributed by atoms with Gasteiger partial charge in [0, 0.05) is 18.3 Å². The first-order chi connectivity index (χ1) is 8.79. The van der Waals surface area contributed by atoms with E-state index in [1.165, 1.54) is 25.0 Å². The molecule has 1 saturated heterocycles. The summed E-state index contributed by atoms with van der Waals surface area (Å²) in [5.74, 6) is 2.63. The van der Waals surface area contributed by atoms with Crippen LogP contribution in [0.1, 0.15) is 26.2 Å². The van der Waals surface area contributed by atoms with E-state index >= 15 is 0 Å². The van der Waals surface area contributed by atoms with Gasteiger partial charge in [-0.15, -0.1) is 0 Å². The molecule has 0 radical (unpaired) electrons. The zero-order valence-electron chi connectivity index (χ0n) is 10.6. The summed E-state index contributed by atoms with van der Waals surface area (Å²) in [6, 6.07) is 0. The molecule has 18 heavy (non-hydrogen) atoms. The van der Waals surface area contributed by atoms with E-state index in [0.29, 0.717) is 16.2 Å². The van der Waals surface area contributed by atoms with Gasteiger partial charge in [-0.1, -0.05) is 18.0 Å². The van der Waals surface area contributed by atoms with Crippen LogP contribution >= 0.6 is 23.4 Å². The number of anilines is 2. The van der Waals surface area contributed by atoms with E-state index in [0.717, 1.165) is 18.9 Å². The highest BCUT2D eigenvalue weighted by Gasteiger charge is 2.14. The summed E-state index contributed by atoms with van der Waals surface area (Å²) in [6.07, 6.45) is 5.60. The third kappa shape index (κ3) is 3.92. The monoisotopic (exact) mass is 286 g/mol. The summed E-state index contributed by atoms with van der Waals surface area (Å²) in [4.78, 5) is 8.50. The normalized spacial score (nSPS) is 19.6. The van der Waals surface area contributed by atoms with E-state index in [4.69, 9.17) is 11.6 Å². The van der Waals surface area contributed by atoms with Gasteiger partial charge in [0.25, 0.3) is 0 Å². The lowest BCUT2D eigenvalue weighted by molar-refractivity contribution is 0.677. The number of rotatable bonds is 5. The van der Waals surface area contributed by atoms with E-state index in [1.807, 2.05) is 18.7 Å². The fourth-order valence-corrected chi connectivity index (χ4v) is 3.31. The lowest BCUT2D eigenvalue weighted by Gasteiger charge is -2.21. The smallest absolute Gasteiger partial charge is 0.224 e. The van der Waals surface area contributed by atoms with Gasteiger partial charge < -0.3 is 10.6 Å². The fraction of sp³-hybridized carbons (Fsp3) is 0.667. The largest absolute Gasteiger partial charge is 0.368 e. The first kappa shape index (κ1) is 13.7. The molecule has 0 aliphatic carbocycles. The Morgan fingerprint density at radius 3 is 3.06 bits per heavy atom. The Labute approximate surface area is 117 Å². The van der Waals surface area contributed by atoms with Crippen molar-refractivity contribution in [2.24, 2.45) is 0 Å². The first-order valence-corrected chi connectivity index (χ1v) is 7.84. The summed E-state index contributed by atoms with van der Waals surface area (Å²) in [5, 5.41) is 7.68. The van der Waals surface area contributed by atoms with Gasteiger partial charge in [0.2, 0.25) is 5.95 Å². The van der Waals surface area contributed by atoms with Gasteiger partial charge in [0.1, 0.15) is 5.02 Å². The van der Waals surface area contributed by atoms with E-state index in [1.54, 1.807) is 6.20 Å². The van der Waals surface area contributed by atoms with Crippen LogP contribution < -0.4 is 10.6 Å². The molecule has 0 bridgehead atoms. The maximum absolute atomic E-state index is 6.09. The van der Waals surface area contributed by atoms with Crippen LogP contribution in [0.2, 0.25) is 5.02 Å². The van der Waals surface area contributed by atoms with E-state index in [-0.39, 0.29) is 0 Å². The van der Waals surface area contributed by atoms with Crippen molar-refractivity contribution in [3.05, 3.63) is 11.2 Å². The molecule has 1 aliphatic heterocycles. The predicted octanol–water partition coefficient (Wildman–Crippen LogP) is 3.26. The number of hydrogen-bond acceptors (Lipinski definition) is 5. The van der Waals surface area contributed by atoms with Crippen molar-refractivity contribution >= 4 is 35.1 Å². The summed E-state index contributed by atoms with van der Waals surface area (Å²) >= 11 is 8.13. The van der Waals surface area contributed by atoms with Crippen molar-refractivity contribution in [1.29, 1.82) is 0 Å². The van der Waals surface area contributed by atoms with Gasteiger partial charge in [0.15, 0.2) is 5.82 Å². The van der Waals surface area contributed by atoms with Gasteiger partial charge in [-0.05, 0) is 25.5 Å². The minimum absolute atomic E-state index is 0.581. The highest BCUT2D eigenvalue weighted by atomic mass is 35.5. The van der Waals surface area contributed by atoms with Crippen LogP contribution in [0, 0.1) is 0 Å². The van der Waals surface area contributed by atoms with Gasteiger partial charge >= 0.3 is 0 Å². The molecule has 2 N–H and O–H groups in total. The molecule has 1 aromatic rings. The van der Waals surface area contributed by atoms with Crippen LogP contribution in [0.15, 0.2) is 6.20 Å². The molecule has 0 spiro atoms. The molecule has 1 aliphatic rings. The van der Waals surface area contributed by atoms with Crippen molar-refractivity contribution in [3.63, 3.8) is 0 Å². The Bertz CT molecular complexity index is 382. The van der Waals surface area contributed by atoms with Crippen molar-refractivity contribution < 1.29 is 0 Å². The number of nitrogens with zero attached hydrogens (tertiary/aromatic N) is 2. The molecular formula is C12H19ClN4S. The number of halogens is 1. The van der Waals surface area contributed by atoms with Gasteiger partial charge in [0.05, 0.1) is 6.20 Å². The molecule has 1 unspecified atom stereocenters. The molecule has 2 heterocycles. The zero-order valence-corrected chi connectivity index (χ0v) is 12.2. The Kier molecular flexibility index (Phi) is 5.38. The molecule has 1 atom stereocenters. The number of hydrogen-bond donors (Lipinski definition) is 2. The van der Waals surface area contributed by atoms with Gasteiger partial charge in [-0.25, -0.2) is 4.98 Å². The third-order valence-corrected chi connectivity index (χ3v) is 4.52. The summed E-state index contributed by atoms with van der Waals surface area (Å²) in [6.45, 7) is 3.75. The minimum atomic E-state index is 0.581. The molecule has 6 heteroatoms. The highest BCUT2D eigenvalue weighted by Crippen LogP contribution is 2.26.